The number of aromatic nitrogens is 3. The maximum absolute atomic E-state index is 12.8. The predicted molar refractivity (Wildman–Crippen MR) is 139 cm³/mol. The second kappa shape index (κ2) is 8.30. The molecule has 1 amide bonds. The van der Waals surface area contributed by atoms with Gasteiger partial charge >= 0.3 is 0 Å². The molecule has 8 heteroatoms. The van der Waals surface area contributed by atoms with E-state index in [4.69, 9.17) is 14.5 Å². The number of amides is 1. The molecule has 6 nitrogen and oxygen atoms in total. The Morgan fingerprint density at radius 2 is 1.94 bits per heavy atom. The van der Waals surface area contributed by atoms with Crippen LogP contribution in [0.25, 0.3) is 10.2 Å². The standard InChI is InChI=1S/C27H32N4O2S2/c1-14-3-4-19-20(5-14)35-25-23(19)24(34-13-22(32)28-21-6-15(2)33-31-21)29-26(30-25)27-10-16-7-17(11-27)9-18(8-16)12-27/h6,14,16-18H,3-5,7-13H2,1-2H3,(H,28,31,32). The first-order chi connectivity index (χ1) is 16.9. The highest BCUT2D eigenvalue weighted by Gasteiger charge is 2.53. The number of carbonyl (C=O) groups excluding carboxylic acids is 1. The molecule has 1 unspecified atom stereocenters. The summed E-state index contributed by atoms with van der Waals surface area (Å²) >= 11 is 3.45. The minimum atomic E-state index is -0.0795. The Morgan fingerprint density at radius 3 is 2.63 bits per heavy atom. The van der Waals surface area contributed by atoms with Crippen LogP contribution in [-0.4, -0.2) is 26.8 Å². The van der Waals surface area contributed by atoms with E-state index in [0.717, 1.165) is 52.2 Å². The summed E-state index contributed by atoms with van der Waals surface area (Å²) in [6, 6.07) is 1.74. The maximum atomic E-state index is 12.8. The van der Waals surface area contributed by atoms with Gasteiger partial charge in [-0.05, 0) is 93.9 Å². The summed E-state index contributed by atoms with van der Waals surface area (Å²) in [7, 11) is 0. The molecular formula is C27H32N4O2S2. The van der Waals surface area contributed by atoms with Crippen LogP contribution < -0.4 is 5.32 Å². The van der Waals surface area contributed by atoms with Gasteiger partial charge < -0.3 is 9.84 Å². The van der Waals surface area contributed by atoms with Crippen molar-refractivity contribution in [2.24, 2.45) is 23.7 Å². The van der Waals surface area contributed by atoms with Crippen LogP contribution in [0.15, 0.2) is 15.6 Å². The van der Waals surface area contributed by atoms with Crippen LogP contribution in [0.2, 0.25) is 0 Å². The first kappa shape index (κ1) is 22.3. The van der Waals surface area contributed by atoms with E-state index >= 15 is 0 Å². The van der Waals surface area contributed by atoms with Crippen LogP contribution in [0.4, 0.5) is 5.82 Å². The molecule has 1 N–H and O–H groups in total. The Morgan fingerprint density at radius 1 is 1.20 bits per heavy atom. The largest absolute Gasteiger partial charge is 0.360 e. The van der Waals surface area contributed by atoms with Gasteiger partial charge in [0.15, 0.2) is 5.82 Å². The molecule has 0 aromatic carbocycles. The second-order valence-electron chi connectivity index (χ2n) is 11.7. The lowest BCUT2D eigenvalue weighted by Crippen LogP contribution is -2.49. The zero-order valence-electron chi connectivity index (χ0n) is 20.4. The Balaban J connectivity index is 1.25. The van der Waals surface area contributed by atoms with Gasteiger partial charge in [0.2, 0.25) is 5.91 Å². The average Bonchev–Trinajstić information content (AvgIpc) is 3.38. The molecule has 184 valence electrons. The molecule has 3 aromatic heterocycles. The fourth-order valence-corrected chi connectivity index (χ4v) is 10.1. The second-order valence-corrected chi connectivity index (χ2v) is 13.8. The summed E-state index contributed by atoms with van der Waals surface area (Å²) in [4.78, 5) is 26.0. The van der Waals surface area contributed by atoms with Gasteiger partial charge in [-0.15, -0.1) is 11.3 Å². The minimum Gasteiger partial charge on any atom is -0.360 e. The highest BCUT2D eigenvalue weighted by atomic mass is 32.2. The number of fused-ring (bicyclic) bond motifs is 3. The van der Waals surface area contributed by atoms with E-state index in [1.54, 1.807) is 17.8 Å². The summed E-state index contributed by atoms with van der Waals surface area (Å²) in [5.74, 6) is 5.73. The number of thiophene rings is 1. The Labute approximate surface area is 214 Å². The number of nitrogens with zero attached hydrogens (tertiary/aromatic N) is 3. The van der Waals surface area contributed by atoms with E-state index in [-0.39, 0.29) is 11.3 Å². The van der Waals surface area contributed by atoms with E-state index in [9.17, 15) is 4.79 Å². The van der Waals surface area contributed by atoms with E-state index in [2.05, 4.69) is 17.4 Å². The van der Waals surface area contributed by atoms with Crippen molar-refractivity contribution in [3.8, 4) is 0 Å². The molecule has 35 heavy (non-hydrogen) atoms. The van der Waals surface area contributed by atoms with E-state index < -0.39 is 0 Å². The minimum absolute atomic E-state index is 0.0795. The molecule has 0 saturated heterocycles. The average molecular weight is 509 g/mol. The number of thioether (sulfide) groups is 1. The number of anilines is 1. The van der Waals surface area contributed by atoms with Crippen molar-refractivity contribution in [1.82, 2.24) is 15.1 Å². The lowest BCUT2D eigenvalue weighted by Gasteiger charge is -2.56. The van der Waals surface area contributed by atoms with Gasteiger partial charge in [0.25, 0.3) is 0 Å². The Hall–Kier alpha value is -1.93. The molecule has 4 bridgehead atoms. The highest BCUT2D eigenvalue weighted by Crippen LogP contribution is 2.60. The van der Waals surface area contributed by atoms with Crippen LogP contribution in [0.5, 0.6) is 0 Å². The topological polar surface area (TPSA) is 80.9 Å². The van der Waals surface area contributed by atoms with E-state index in [0.29, 0.717) is 17.3 Å². The molecule has 0 radical (unpaired) electrons. The van der Waals surface area contributed by atoms with Crippen molar-refractivity contribution in [3.05, 3.63) is 28.1 Å². The van der Waals surface area contributed by atoms with Crippen molar-refractivity contribution in [2.75, 3.05) is 11.1 Å². The lowest BCUT2D eigenvalue weighted by molar-refractivity contribution is -0.113. The van der Waals surface area contributed by atoms with Crippen LogP contribution in [-0.2, 0) is 23.1 Å². The van der Waals surface area contributed by atoms with Gasteiger partial charge in [0, 0.05) is 21.7 Å². The molecule has 3 heterocycles. The third kappa shape index (κ3) is 3.91. The first-order valence-corrected chi connectivity index (χ1v) is 14.9. The van der Waals surface area contributed by atoms with Crippen molar-refractivity contribution in [3.63, 3.8) is 0 Å². The third-order valence-corrected chi connectivity index (χ3v) is 11.0. The summed E-state index contributed by atoms with van der Waals surface area (Å²) < 4.78 is 5.09. The summed E-state index contributed by atoms with van der Waals surface area (Å²) in [5.41, 5.74) is 1.59. The Bertz CT molecular complexity index is 1280. The molecule has 4 fully saturated rings. The molecule has 4 saturated carbocycles. The van der Waals surface area contributed by atoms with Crippen molar-refractivity contribution in [1.29, 1.82) is 0 Å². The predicted octanol–water partition coefficient (Wildman–Crippen LogP) is 6.31. The quantitative estimate of drug-likeness (QED) is 0.321. The number of hydrogen-bond donors (Lipinski definition) is 1. The smallest absolute Gasteiger partial charge is 0.236 e. The third-order valence-electron chi connectivity index (χ3n) is 8.87. The SMILES string of the molecule is Cc1cc(NC(=O)CSc2nc(C34CC5CC(CC(C5)C3)C4)nc3sc4c(c23)CCC(C)C4)no1. The fraction of sp³-hybridized carbons (Fsp3) is 0.630. The van der Waals surface area contributed by atoms with Gasteiger partial charge in [0.1, 0.15) is 21.4 Å². The van der Waals surface area contributed by atoms with Crippen molar-refractivity contribution >= 4 is 45.0 Å². The number of aryl methyl sites for hydroxylation is 2. The van der Waals surface area contributed by atoms with Crippen molar-refractivity contribution in [2.45, 2.75) is 82.1 Å². The molecule has 0 aliphatic heterocycles. The monoisotopic (exact) mass is 508 g/mol. The van der Waals surface area contributed by atoms with Crippen LogP contribution >= 0.6 is 23.1 Å². The molecule has 5 aliphatic carbocycles. The maximum Gasteiger partial charge on any atom is 0.236 e. The van der Waals surface area contributed by atoms with Crippen molar-refractivity contribution < 1.29 is 9.32 Å². The number of nitrogens with one attached hydrogen (secondary N) is 1. The zero-order valence-corrected chi connectivity index (χ0v) is 22.1. The van der Waals surface area contributed by atoms with Gasteiger partial charge in [0.05, 0.1) is 5.75 Å². The van der Waals surface area contributed by atoms with Gasteiger partial charge in [-0.25, -0.2) is 9.97 Å². The molecule has 0 spiro atoms. The molecule has 1 atom stereocenters. The van der Waals surface area contributed by atoms with E-state index in [1.165, 1.54) is 60.8 Å². The number of hydrogen-bond acceptors (Lipinski definition) is 7. The molecular weight excluding hydrogens is 476 g/mol. The summed E-state index contributed by atoms with van der Waals surface area (Å²) in [6.45, 7) is 4.17. The Kier molecular flexibility index (Phi) is 5.28. The number of rotatable bonds is 5. The summed E-state index contributed by atoms with van der Waals surface area (Å²) in [5, 5.41) is 8.99. The van der Waals surface area contributed by atoms with E-state index in [1.807, 2.05) is 18.3 Å². The normalized spacial score (nSPS) is 31.1. The van der Waals surface area contributed by atoms with Gasteiger partial charge in [-0.1, -0.05) is 23.8 Å². The van der Waals surface area contributed by atoms with Crippen LogP contribution in [0.3, 0.4) is 0 Å². The first-order valence-electron chi connectivity index (χ1n) is 13.1. The molecule has 3 aromatic rings. The van der Waals surface area contributed by atoms with Crippen LogP contribution in [0, 0.1) is 30.6 Å². The van der Waals surface area contributed by atoms with Gasteiger partial charge in [-0.2, -0.15) is 0 Å². The highest BCUT2D eigenvalue weighted by molar-refractivity contribution is 8.00. The molecule has 8 rings (SSSR count). The van der Waals surface area contributed by atoms with Gasteiger partial charge in [-0.3, -0.25) is 4.79 Å². The fourth-order valence-electron chi connectivity index (χ4n) is 7.77. The molecule has 5 aliphatic rings. The summed E-state index contributed by atoms with van der Waals surface area (Å²) in [6.07, 6.45) is 11.4. The number of carbonyl (C=O) groups is 1. The lowest BCUT2D eigenvalue weighted by atomic mass is 9.49. The zero-order chi connectivity index (χ0) is 23.7. The van der Waals surface area contributed by atoms with Crippen LogP contribution in [0.1, 0.15) is 73.9 Å².